The number of nitrogens with one attached hydrogen (secondary N) is 1. The minimum Gasteiger partial charge on any atom is -0.481 e. The summed E-state index contributed by atoms with van der Waals surface area (Å²) in [7, 11) is 0. The van der Waals surface area contributed by atoms with E-state index in [4.69, 9.17) is 4.74 Å². The Hall–Kier alpha value is -3.35. The molecule has 3 aliphatic rings. The molecule has 1 atom stereocenters. The number of likely N-dealkylation sites (tertiary alicyclic amines) is 1. The van der Waals surface area contributed by atoms with Crippen LogP contribution in [0.15, 0.2) is 48.5 Å². The van der Waals surface area contributed by atoms with Crippen molar-refractivity contribution in [3.05, 3.63) is 59.7 Å². The van der Waals surface area contributed by atoms with E-state index in [9.17, 15) is 19.5 Å². The maximum atomic E-state index is 13.1. The highest BCUT2D eigenvalue weighted by atomic mass is 16.5. The summed E-state index contributed by atoms with van der Waals surface area (Å²) in [5, 5.41) is 12.5. The number of aliphatic carboxylic acids is 1. The van der Waals surface area contributed by atoms with E-state index in [1.807, 2.05) is 24.3 Å². The van der Waals surface area contributed by atoms with Gasteiger partial charge >= 0.3 is 12.1 Å². The molecule has 0 spiro atoms. The minimum atomic E-state index is -0.904. The summed E-state index contributed by atoms with van der Waals surface area (Å²) in [6.07, 6.45) is 3.42. The van der Waals surface area contributed by atoms with Gasteiger partial charge in [-0.2, -0.15) is 0 Å². The van der Waals surface area contributed by atoms with Crippen LogP contribution in [0.5, 0.6) is 0 Å². The lowest BCUT2D eigenvalue weighted by atomic mass is 9.90. The lowest BCUT2D eigenvalue weighted by Crippen LogP contribution is -2.50. The Bertz CT molecular complexity index is 1110. The first-order valence-electron chi connectivity index (χ1n) is 12.4. The van der Waals surface area contributed by atoms with Gasteiger partial charge in [0.15, 0.2) is 0 Å². The van der Waals surface area contributed by atoms with Gasteiger partial charge in [0.1, 0.15) is 6.61 Å². The molecule has 0 bridgehead atoms. The number of hydrogen-bond acceptors (Lipinski definition) is 4. The van der Waals surface area contributed by atoms with E-state index in [-0.39, 0.29) is 31.4 Å². The molecule has 0 aromatic heterocycles. The summed E-state index contributed by atoms with van der Waals surface area (Å²) in [6, 6.07) is 16.4. The minimum absolute atomic E-state index is 0.0207. The first-order chi connectivity index (χ1) is 16.8. The van der Waals surface area contributed by atoms with Crippen LogP contribution in [0, 0.1) is 5.41 Å². The number of nitrogens with zero attached hydrogens (tertiary/aromatic N) is 1. The van der Waals surface area contributed by atoms with E-state index in [2.05, 4.69) is 29.6 Å². The van der Waals surface area contributed by atoms with Crippen molar-refractivity contribution in [2.45, 2.75) is 56.9 Å². The predicted octanol–water partition coefficient (Wildman–Crippen LogP) is 4.55. The van der Waals surface area contributed by atoms with Crippen molar-refractivity contribution in [2.24, 2.45) is 5.41 Å². The largest absolute Gasteiger partial charge is 0.481 e. The Morgan fingerprint density at radius 2 is 1.60 bits per heavy atom. The first kappa shape index (κ1) is 23.4. The summed E-state index contributed by atoms with van der Waals surface area (Å²) in [5.41, 5.74) is 3.12. The van der Waals surface area contributed by atoms with Crippen LogP contribution in [0.3, 0.4) is 0 Å². The predicted molar refractivity (Wildman–Crippen MR) is 131 cm³/mol. The number of amides is 2. The van der Waals surface area contributed by atoms with E-state index < -0.39 is 23.0 Å². The Morgan fingerprint density at radius 1 is 1.00 bits per heavy atom. The summed E-state index contributed by atoms with van der Waals surface area (Å²) >= 11 is 0. The van der Waals surface area contributed by atoms with Crippen molar-refractivity contribution in [3.8, 4) is 11.1 Å². The second-order valence-electron chi connectivity index (χ2n) is 10.5. The van der Waals surface area contributed by atoms with Gasteiger partial charge in [0.25, 0.3) is 0 Å². The standard InChI is InChI=1S/C28H32N2O5/c1-27(25(32)33)14-15-30(18-27)24(31)16-28(12-6-7-13-28)29-26(34)35-17-23-21-10-4-2-8-19(21)20-9-3-5-11-22(20)23/h2-5,8-11,23H,6-7,12-18H2,1H3,(H,29,34)(H,32,33). The SMILES string of the molecule is CC1(C(=O)O)CCN(C(=O)CC2(NC(=O)OCC3c4ccccc4-c4ccccc43)CCCC2)C1. The lowest BCUT2D eigenvalue weighted by Gasteiger charge is -2.31. The Labute approximate surface area is 205 Å². The van der Waals surface area contributed by atoms with Gasteiger partial charge < -0.3 is 20.1 Å². The van der Waals surface area contributed by atoms with E-state index in [1.54, 1.807) is 11.8 Å². The first-order valence-corrected chi connectivity index (χ1v) is 12.4. The van der Waals surface area contributed by atoms with Crippen molar-refractivity contribution in [3.63, 3.8) is 0 Å². The van der Waals surface area contributed by atoms with Crippen LogP contribution in [-0.4, -0.2) is 53.2 Å². The topological polar surface area (TPSA) is 95.9 Å². The smallest absolute Gasteiger partial charge is 0.407 e. The van der Waals surface area contributed by atoms with Crippen LogP contribution in [-0.2, 0) is 14.3 Å². The van der Waals surface area contributed by atoms with Gasteiger partial charge in [-0.1, -0.05) is 61.4 Å². The monoisotopic (exact) mass is 476 g/mol. The Morgan fingerprint density at radius 3 is 2.17 bits per heavy atom. The fraction of sp³-hybridized carbons (Fsp3) is 0.464. The second kappa shape index (κ2) is 9.02. The third-order valence-corrected chi connectivity index (χ3v) is 8.10. The molecule has 1 aliphatic heterocycles. The highest BCUT2D eigenvalue weighted by Crippen LogP contribution is 2.44. The number of ether oxygens (including phenoxy) is 1. The molecular formula is C28H32N2O5. The van der Waals surface area contributed by atoms with Gasteiger partial charge in [-0.25, -0.2) is 4.79 Å². The lowest BCUT2D eigenvalue weighted by molar-refractivity contribution is -0.147. The van der Waals surface area contributed by atoms with Gasteiger partial charge in [0.2, 0.25) is 5.91 Å². The quantitative estimate of drug-likeness (QED) is 0.638. The van der Waals surface area contributed by atoms with Crippen molar-refractivity contribution in [1.82, 2.24) is 10.2 Å². The molecule has 35 heavy (non-hydrogen) atoms. The van der Waals surface area contributed by atoms with Gasteiger partial charge in [0, 0.05) is 19.0 Å². The molecule has 2 aromatic rings. The zero-order valence-corrected chi connectivity index (χ0v) is 20.1. The van der Waals surface area contributed by atoms with Crippen molar-refractivity contribution in [2.75, 3.05) is 19.7 Å². The van der Waals surface area contributed by atoms with Crippen LogP contribution in [0.1, 0.15) is 62.5 Å². The number of carbonyl (C=O) groups excluding carboxylic acids is 2. The Kier molecular flexibility index (Phi) is 6.03. The molecule has 0 radical (unpaired) electrons. The van der Waals surface area contributed by atoms with E-state index in [1.165, 1.54) is 11.1 Å². The maximum absolute atomic E-state index is 13.1. The molecule has 5 rings (SSSR count). The van der Waals surface area contributed by atoms with Crippen molar-refractivity contribution < 1.29 is 24.2 Å². The van der Waals surface area contributed by atoms with E-state index >= 15 is 0 Å². The highest BCUT2D eigenvalue weighted by Gasteiger charge is 2.45. The zero-order valence-electron chi connectivity index (χ0n) is 20.1. The number of benzene rings is 2. The van der Waals surface area contributed by atoms with E-state index in [0.717, 1.165) is 24.0 Å². The number of fused-ring (bicyclic) bond motifs is 3. The highest BCUT2D eigenvalue weighted by molar-refractivity contribution is 5.82. The average Bonchev–Trinajstić information content (AvgIpc) is 3.55. The zero-order chi connectivity index (χ0) is 24.6. The molecule has 2 N–H and O–H groups in total. The maximum Gasteiger partial charge on any atom is 0.407 e. The van der Waals surface area contributed by atoms with Gasteiger partial charge in [-0.15, -0.1) is 0 Å². The average molecular weight is 477 g/mol. The summed E-state index contributed by atoms with van der Waals surface area (Å²) in [4.78, 5) is 39.2. The van der Waals surface area contributed by atoms with Gasteiger partial charge in [-0.05, 0) is 48.4 Å². The molecule has 2 aliphatic carbocycles. The summed E-state index contributed by atoms with van der Waals surface area (Å²) in [5.74, 6) is -0.997. The van der Waals surface area contributed by atoms with Crippen molar-refractivity contribution in [1.29, 1.82) is 0 Å². The molecule has 2 aromatic carbocycles. The number of carboxylic acid groups (broad SMARTS) is 1. The summed E-state index contributed by atoms with van der Waals surface area (Å²) in [6.45, 7) is 2.56. The second-order valence-corrected chi connectivity index (χ2v) is 10.5. The molecule has 7 nitrogen and oxygen atoms in total. The third kappa shape index (κ3) is 4.40. The van der Waals surface area contributed by atoms with Gasteiger partial charge in [-0.3, -0.25) is 9.59 Å². The molecule has 1 heterocycles. The number of hydrogen-bond donors (Lipinski definition) is 2. The molecule has 2 fully saturated rings. The van der Waals surface area contributed by atoms with Crippen LogP contribution in [0.2, 0.25) is 0 Å². The fourth-order valence-electron chi connectivity index (χ4n) is 6.00. The molecule has 1 saturated heterocycles. The number of alkyl carbamates (subject to hydrolysis) is 1. The molecular weight excluding hydrogens is 444 g/mol. The van der Waals surface area contributed by atoms with Crippen LogP contribution < -0.4 is 5.32 Å². The number of carbonyl (C=O) groups is 3. The molecule has 1 saturated carbocycles. The van der Waals surface area contributed by atoms with Gasteiger partial charge in [0.05, 0.1) is 17.4 Å². The third-order valence-electron chi connectivity index (χ3n) is 8.10. The van der Waals surface area contributed by atoms with E-state index in [0.29, 0.717) is 25.8 Å². The van der Waals surface area contributed by atoms with Crippen molar-refractivity contribution >= 4 is 18.0 Å². The summed E-state index contributed by atoms with van der Waals surface area (Å²) < 4.78 is 5.75. The van der Waals surface area contributed by atoms with Crippen LogP contribution in [0.25, 0.3) is 11.1 Å². The molecule has 184 valence electrons. The molecule has 7 heteroatoms. The molecule has 2 amide bonds. The van der Waals surface area contributed by atoms with Crippen LogP contribution >= 0.6 is 0 Å². The normalized spacial score (nSPS) is 22.5. The number of rotatable bonds is 6. The fourth-order valence-corrected chi connectivity index (χ4v) is 6.00. The Balaban J connectivity index is 1.23. The van der Waals surface area contributed by atoms with Crippen LogP contribution in [0.4, 0.5) is 4.79 Å². The molecule has 1 unspecified atom stereocenters. The number of carboxylic acids is 1.